The minimum Gasteiger partial charge on any atom is -0.330 e. The van der Waals surface area contributed by atoms with Crippen molar-refractivity contribution < 1.29 is 33.7 Å². The Hall–Kier alpha value is -2.55. The van der Waals surface area contributed by atoms with Crippen LogP contribution in [0.2, 0.25) is 0 Å². The zero-order valence-electron chi connectivity index (χ0n) is 16.0. The zero-order chi connectivity index (χ0) is 21.2. The van der Waals surface area contributed by atoms with Gasteiger partial charge in [-0.3, -0.25) is 9.79 Å². The topological polar surface area (TPSA) is 122 Å². The lowest BCUT2D eigenvalue weighted by molar-refractivity contribution is -1.92. The molecule has 7 nitrogen and oxygen atoms in total. The normalized spacial score (nSPS) is 18.4. The molecule has 8 heteroatoms. The van der Waals surface area contributed by atoms with E-state index in [2.05, 4.69) is 48.0 Å². The van der Waals surface area contributed by atoms with E-state index < -0.39 is 10.2 Å². The van der Waals surface area contributed by atoms with Crippen molar-refractivity contribution >= 4 is 22.4 Å². The lowest BCUT2D eigenvalue weighted by atomic mass is 9.93. The summed E-state index contributed by atoms with van der Waals surface area (Å²) >= 11 is 0. The average molecular weight is 417 g/mol. The van der Waals surface area contributed by atoms with Crippen molar-refractivity contribution in [3.63, 3.8) is 0 Å². The van der Waals surface area contributed by atoms with Crippen LogP contribution >= 0.6 is 0 Å². The highest BCUT2D eigenvalue weighted by Gasteiger charge is 2.29. The van der Waals surface area contributed by atoms with Crippen LogP contribution in [0.5, 0.6) is 0 Å². The fourth-order valence-corrected chi connectivity index (χ4v) is 3.41. The number of ketones is 1. The molecule has 0 saturated heterocycles. The Morgan fingerprint density at radius 2 is 1.79 bits per heavy atom. The van der Waals surface area contributed by atoms with Crippen molar-refractivity contribution in [3.8, 4) is 0 Å². The Balaban J connectivity index is 0.000000431. The second kappa shape index (κ2) is 8.44. The first-order valence-corrected chi connectivity index (χ1v) is 10.2. The van der Waals surface area contributed by atoms with Gasteiger partial charge in [-0.15, -0.1) is 0 Å². The molecular formula is C21H21ClN2O5. The maximum absolute atomic E-state index is 13.0. The van der Waals surface area contributed by atoms with E-state index in [1.165, 1.54) is 10.9 Å². The molecule has 0 aromatic heterocycles. The van der Waals surface area contributed by atoms with E-state index in [-0.39, 0.29) is 11.7 Å². The van der Waals surface area contributed by atoms with Gasteiger partial charge in [0.2, 0.25) is 0 Å². The summed E-state index contributed by atoms with van der Waals surface area (Å²) in [4.78, 5) is 19.7. The van der Waals surface area contributed by atoms with E-state index in [0.29, 0.717) is 13.1 Å². The van der Waals surface area contributed by atoms with E-state index in [4.69, 9.17) is 18.6 Å². The molecule has 152 valence electrons. The zero-order valence-corrected chi connectivity index (χ0v) is 16.8. The van der Waals surface area contributed by atoms with Gasteiger partial charge in [-0.05, 0) is 42.8 Å². The fourth-order valence-electron chi connectivity index (χ4n) is 3.41. The molecule has 4 rings (SSSR count). The summed E-state index contributed by atoms with van der Waals surface area (Å²) in [6.07, 6.45) is 6.08. The van der Waals surface area contributed by atoms with Crippen LogP contribution in [0, 0.1) is 23.1 Å². The van der Waals surface area contributed by atoms with E-state index in [0.717, 1.165) is 22.5 Å². The Labute approximate surface area is 170 Å². The van der Waals surface area contributed by atoms with Gasteiger partial charge in [0, 0.05) is 17.8 Å². The predicted molar refractivity (Wildman–Crippen MR) is 101 cm³/mol. The Bertz CT molecular complexity index is 1020. The molecule has 0 saturated carbocycles. The summed E-state index contributed by atoms with van der Waals surface area (Å²) in [5, 5.41) is 2.29. The Morgan fingerprint density at radius 1 is 1.14 bits per heavy atom. The van der Waals surface area contributed by atoms with Crippen LogP contribution in [0.3, 0.4) is 0 Å². The van der Waals surface area contributed by atoms with Crippen molar-refractivity contribution in [1.82, 2.24) is 4.90 Å². The number of aryl methyl sites for hydroxylation is 1. The molecule has 2 aromatic carbocycles. The fraction of sp³-hybridized carbons (Fsp3) is 0.238. The summed E-state index contributed by atoms with van der Waals surface area (Å²) < 4.78 is 32.7. The van der Waals surface area contributed by atoms with E-state index in [1.54, 1.807) is 0 Å². The first kappa shape index (κ1) is 21.2. The molecule has 2 heterocycles. The SMILES string of the molecule is CC1=CC=CC2=NCC(C(=O)c3ccc4cc(C)ccc4c3)CN12.[O-][Cl+3]([O-])([O-])O. The van der Waals surface area contributed by atoms with E-state index in [1.807, 2.05) is 30.4 Å². The Kier molecular flexibility index (Phi) is 6.16. The number of halogens is 1. The van der Waals surface area contributed by atoms with Gasteiger partial charge in [0.1, 0.15) is 5.84 Å². The third-order valence-corrected chi connectivity index (χ3v) is 4.81. The molecule has 2 aliphatic heterocycles. The number of fused-ring (bicyclic) bond motifs is 2. The minimum absolute atomic E-state index is 0.0912. The molecule has 2 aromatic rings. The molecule has 0 spiro atoms. The number of hydrogen-bond donors (Lipinski definition) is 1. The number of nitrogens with zero attached hydrogens (tertiary/aromatic N) is 2. The monoisotopic (exact) mass is 416 g/mol. The highest BCUT2D eigenvalue weighted by atomic mass is 35.7. The molecular weight excluding hydrogens is 396 g/mol. The Morgan fingerprint density at radius 3 is 2.52 bits per heavy atom. The quantitative estimate of drug-likeness (QED) is 0.688. The molecule has 0 fully saturated rings. The number of Topliss-reactive ketones (excluding diaryl/α,β-unsaturated/α-hetero) is 1. The molecule has 1 unspecified atom stereocenters. The average Bonchev–Trinajstić information content (AvgIpc) is 2.66. The van der Waals surface area contributed by atoms with Gasteiger partial charge in [-0.25, -0.2) is 0 Å². The van der Waals surface area contributed by atoms with Gasteiger partial charge in [-0.1, -0.05) is 42.0 Å². The molecule has 0 radical (unpaired) electrons. The molecule has 29 heavy (non-hydrogen) atoms. The van der Waals surface area contributed by atoms with Crippen molar-refractivity contribution in [2.45, 2.75) is 13.8 Å². The minimum atomic E-state index is -4.69. The van der Waals surface area contributed by atoms with Crippen LogP contribution in [0.4, 0.5) is 0 Å². The number of carbonyl (C=O) groups excluding carboxylic acids is 1. The number of rotatable bonds is 2. The van der Waals surface area contributed by atoms with Crippen LogP contribution in [0.1, 0.15) is 22.8 Å². The highest BCUT2D eigenvalue weighted by Crippen LogP contribution is 2.24. The largest absolute Gasteiger partial charge is 0.330 e. The second-order valence-corrected chi connectivity index (χ2v) is 7.79. The van der Waals surface area contributed by atoms with Gasteiger partial charge in [0.05, 0.1) is 27.4 Å². The second-order valence-electron chi connectivity index (χ2n) is 7.00. The van der Waals surface area contributed by atoms with Crippen molar-refractivity contribution in [1.29, 1.82) is 0 Å². The lowest BCUT2D eigenvalue weighted by Gasteiger charge is -2.34. The molecule has 0 aliphatic carbocycles. The van der Waals surface area contributed by atoms with Gasteiger partial charge < -0.3 is 4.90 Å². The maximum Gasteiger partial charge on any atom is 0.169 e. The standard InChI is InChI=1S/C21H20N2O.ClHO4/c1-14-6-7-17-11-18(9-8-16(17)10-14)21(24)19-12-22-20-5-3-4-15(2)23(20)13-19;2-1(3,4)5/h3-11,19H,12-13H2,1-2H3;(H,2,3,4,5). The highest BCUT2D eigenvalue weighted by molar-refractivity contribution is 6.03. The number of carbonyl (C=O) groups is 1. The molecule has 2 aliphatic rings. The smallest absolute Gasteiger partial charge is 0.169 e. The van der Waals surface area contributed by atoms with Crippen LogP contribution in [-0.4, -0.2) is 34.3 Å². The van der Waals surface area contributed by atoms with E-state index in [9.17, 15) is 4.79 Å². The number of hydrogen-bond acceptors (Lipinski definition) is 7. The summed E-state index contributed by atoms with van der Waals surface area (Å²) in [5.74, 6) is 1.06. The number of amidine groups is 1. The van der Waals surface area contributed by atoms with Crippen LogP contribution in [0.25, 0.3) is 10.8 Å². The van der Waals surface area contributed by atoms with E-state index >= 15 is 0 Å². The van der Waals surface area contributed by atoms with Crippen LogP contribution in [-0.2, 0) is 0 Å². The molecule has 1 atom stereocenters. The predicted octanol–water partition coefficient (Wildman–Crippen LogP) is 0.0108. The van der Waals surface area contributed by atoms with Gasteiger partial charge in [-0.2, -0.15) is 14.0 Å². The number of benzene rings is 2. The number of aliphatic imine (C=N–C) groups is 1. The van der Waals surface area contributed by atoms with Gasteiger partial charge >= 0.3 is 0 Å². The van der Waals surface area contributed by atoms with Crippen LogP contribution < -0.4 is 14.0 Å². The van der Waals surface area contributed by atoms with Gasteiger partial charge in [0.15, 0.2) is 5.78 Å². The van der Waals surface area contributed by atoms with Crippen molar-refractivity contribution in [2.24, 2.45) is 10.9 Å². The molecule has 1 N–H and O–H groups in total. The molecule has 0 amide bonds. The van der Waals surface area contributed by atoms with Gasteiger partial charge in [0.25, 0.3) is 0 Å². The summed E-state index contributed by atoms with van der Waals surface area (Å²) in [6.45, 7) is 5.41. The summed E-state index contributed by atoms with van der Waals surface area (Å²) in [6, 6.07) is 12.3. The lowest BCUT2D eigenvalue weighted by Crippen LogP contribution is -2.58. The number of allylic oxidation sites excluding steroid dienone is 3. The van der Waals surface area contributed by atoms with Crippen molar-refractivity contribution in [2.75, 3.05) is 13.1 Å². The summed E-state index contributed by atoms with van der Waals surface area (Å²) in [5.41, 5.74) is 3.16. The maximum atomic E-state index is 13.0. The van der Waals surface area contributed by atoms with Crippen LogP contribution in [0.15, 0.2) is 65.3 Å². The summed E-state index contributed by atoms with van der Waals surface area (Å²) in [7, 11) is -4.69. The van der Waals surface area contributed by atoms with Crippen molar-refractivity contribution in [3.05, 3.63) is 71.5 Å². The first-order chi connectivity index (χ1) is 13.6. The first-order valence-electron chi connectivity index (χ1n) is 8.96. The molecule has 0 bridgehead atoms. The third kappa shape index (κ3) is 5.50. The third-order valence-electron chi connectivity index (χ3n) is 4.81.